The van der Waals surface area contributed by atoms with E-state index in [4.69, 9.17) is 0 Å². The minimum absolute atomic E-state index is 0.0638. The molecular weight excluding hydrogens is 236 g/mol. The molecule has 2 atom stereocenters. The molecule has 1 heterocycles. The minimum atomic E-state index is -0.0638. The third-order valence-electron chi connectivity index (χ3n) is 4.89. The van der Waals surface area contributed by atoms with Gasteiger partial charge in [0.05, 0.1) is 12.1 Å². The standard InChI is InChI=1S/C16H32N2O/c1-12(2)15-6-5-9-18(15)10-16(11-19,14-7-8-14)17-13(3)4/h12-15,17,19H,5-11H2,1-4H3. The maximum atomic E-state index is 10.0. The SMILES string of the molecule is CC(C)NC(CO)(CN1CCCC1C(C)C)C1CC1. The second-order valence-electron chi connectivity index (χ2n) is 7.31. The van der Waals surface area contributed by atoms with Gasteiger partial charge in [-0.1, -0.05) is 27.7 Å². The molecular formula is C16H32N2O. The van der Waals surface area contributed by atoms with E-state index in [1.165, 1.54) is 32.2 Å². The number of nitrogens with zero attached hydrogens (tertiary/aromatic N) is 1. The van der Waals surface area contributed by atoms with Crippen LogP contribution in [0, 0.1) is 11.8 Å². The molecule has 0 spiro atoms. The first-order valence-electron chi connectivity index (χ1n) is 8.11. The molecule has 0 aromatic carbocycles. The number of aliphatic hydroxyl groups excluding tert-OH is 1. The lowest BCUT2D eigenvalue weighted by atomic mass is 9.91. The summed E-state index contributed by atoms with van der Waals surface area (Å²) in [7, 11) is 0. The Morgan fingerprint density at radius 3 is 2.37 bits per heavy atom. The van der Waals surface area contributed by atoms with E-state index < -0.39 is 0 Å². The van der Waals surface area contributed by atoms with Crippen LogP contribution in [-0.4, -0.2) is 47.3 Å². The van der Waals surface area contributed by atoms with Crippen LogP contribution in [0.15, 0.2) is 0 Å². The predicted octanol–water partition coefficient (Wildman–Crippen LogP) is 2.25. The molecule has 3 heteroatoms. The van der Waals surface area contributed by atoms with Gasteiger partial charge in [-0.2, -0.15) is 0 Å². The summed E-state index contributed by atoms with van der Waals surface area (Å²) < 4.78 is 0. The van der Waals surface area contributed by atoms with E-state index >= 15 is 0 Å². The van der Waals surface area contributed by atoms with Crippen molar-refractivity contribution >= 4 is 0 Å². The van der Waals surface area contributed by atoms with Gasteiger partial charge in [0.1, 0.15) is 0 Å². The second kappa shape index (κ2) is 6.11. The third-order valence-corrected chi connectivity index (χ3v) is 4.89. The van der Waals surface area contributed by atoms with E-state index in [1.807, 2.05) is 0 Å². The first kappa shape index (κ1) is 15.3. The van der Waals surface area contributed by atoms with Crippen LogP contribution in [0.1, 0.15) is 53.4 Å². The maximum Gasteiger partial charge on any atom is 0.0628 e. The van der Waals surface area contributed by atoms with Crippen molar-refractivity contribution in [2.45, 2.75) is 71.0 Å². The fourth-order valence-electron chi connectivity index (χ4n) is 3.89. The summed E-state index contributed by atoms with van der Waals surface area (Å²) in [5.41, 5.74) is -0.0638. The van der Waals surface area contributed by atoms with Crippen molar-refractivity contribution in [2.75, 3.05) is 19.7 Å². The van der Waals surface area contributed by atoms with Crippen LogP contribution in [0.5, 0.6) is 0 Å². The lowest BCUT2D eigenvalue weighted by Gasteiger charge is -2.41. The molecule has 112 valence electrons. The molecule has 1 saturated heterocycles. The molecule has 2 N–H and O–H groups in total. The van der Waals surface area contributed by atoms with Gasteiger partial charge in [-0.15, -0.1) is 0 Å². The fourth-order valence-corrected chi connectivity index (χ4v) is 3.89. The smallest absolute Gasteiger partial charge is 0.0628 e. The van der Waals surface area contributed by atoms with Gasteiger partial charge >= 0.3 is 0 Å². The zero-order chi connectivity index (χ0) is 14.0. The summed E-state index contributed by atoms with van der Waals surface area (Å²) in [6.07, 6.45) is 5.20. The Bertz CT molecular complexity index is 288. The van der Waals surface area contributed by atoms with Gasteiger partial charge in [0.2, 0.25) is 0 Å². The third kappa shape index (κ3) is 3.50. The van der Waals surface area contributed by atoms with E-state index in [9.17, 15) is 5.11 Å². The number of hydrogen-bond donors (Lipinski definition) is 2. The highest BCUT2D eigenvalue weighted by atomic mass is 16.3. The highest BCUT2D eigenvalue weighted by Crippen LogP contribution is 2.41. The molecule has 2 unspecified atom stereocenters. The Balaban J connectivity index is 2.06. The second-order valence-corrected chi connectivity index (χ2v) is 7.31. The summed E-state index contributed by atoms with van der Waals surface area (Å²) in [6.45, 7) is 11.5. The number of aliphatic hydroxyl groups is 1. The maximum absolute atomic E-state index is 10.0. The molecule has 3 nitrogen and oxygen atoms in total. The normalized spacial score (nSPS) is 28.3. The molecule has 2 rings (SSSR count). The number of nitrogens with one attached hydrogen (secondary N) is 1. The van der Waals surface area contributed by atoms with Crippen molar-refractivity contribution in [3.63, 3.8) is 0 Å². The fraction of sp³-hybridized carbons (Fsp3) is 1.00. The Kier molecular flexibility index (Phi) is 4.91. The van der Waals surface area contributed by atoms with Gasteiger partial charge in [-0.05, 0) is 44.1 Å². The topological polar surface area (TPSA) is 35.5 Å². The average molecular weight is 268 g/mol. The lowest BCUT2D eigenvalue weighted by Crippen LogP contribution is -2.60. The minimum Gasteiger partial charge on any atom is -0.394 e. The first-order valence-corrected chi connectivity index (χ1v) is 8.11. The van der Waals surface area contributed by atoms with Gasteiger partial charge in [-0.3, -0.25) is 4.90 Å². The van der Waals surface area contributed by atoms with Gasteiger partial charge in [-0.25, -0.2) is 0 Å². The molecule has 1 aliphatic carbocycles. The molecule has 19 heavy (non-hydrogen) atoms. The molecule has 1 saturated carbocycles. The summed E-state index contributed by atoms with van der Waals surface area (Å²) in [4.78, 5) is 2.63. The van der Waals surface area contributed by atoms with Crippen LogP contribution in [0.3, 0.4) is 0 Å². The Labute approximate surface area is 118 Å². The van der Waals surface area contributed by atoms with Crippen molar-refractivity contribution in [3.05, 3.63) is 0 Å². The molecule has 1 aliphatic heterocycles. The highest BCUT2D eigenvalue weighted by molar-refractivity contribution is 5.04. The largest absolute Gasteiger partial charge is 0.394 e. The van der Waals surface area contributed by atoms with Crippen LogP contribution >= 0.6 is 0 Å². The van der Waals surface area contributed by atoms with E-state index in [2.05, 4.69) is 37.9 Å². The molecule has 0 amide bonds. The van der Waals surface area contributed by atoms with Crippen LogP contribution in [-0.2, 0) is 0 Å². The quantitative estimate of drug-likeness (QED) is 0.743. The van der Waals surface area contributed by atoms with Crippen LogP contribution < -0.4 is 5.32 Å². The lowest BCUT2D eigenvalue weighted by molar-refractivity contribution is 0.0697. The number of hydrogen-bond acceptors (Lipinski definition) is 3. The number of likely N-dealkylation sites (tertiary alicyclic amines) is 1. The Hall–Kier alpha value is -0.120. The van der Waals surface area contributed by atoms with Crippen molar-refractivity contribution < 1.29 is 5.11 Å². The number of rotatable bonds is 7. The van der Waals surface area contributed by atoms with Gasteiger partial charge < -0.3 is 10.4 Å². The molecule has 0 bridgehead atoms. The van der Waals surface area contributed by atoms with Crippen molar-refractivity contribution in [1.82, 2.24) is 10.2 Å². The zero-order valence-corrected chi connectivity index (χ0v) is 13.2. The molecule has 0 aromatic heterocycles. The zero-order valence-electron chi connectivity index (χ0n) is 13.2. The highest BCUT2D eigenvalue weighted by Gasteiger charge is 2.47. The van der Waals surface area contributed by atoms with Crippen LogP contribution in [0.25, 0.3) is 0 Å². The van der Waals surface area contributed by atoms with Gasteiger partial charge in [0, 0.05) is 18.6 Å². The van der Waals surface area contributed by atoms with Gasteiger partial charge in [0.25, 0.3) is 0 Å². The Morgan fingerprint density at radius 1 is 1.21 bits per heavy atom. The first-order chi connectivity index (χ1) is 8.98. The molecule has 2 aliphatic rings. The van der Waals surface area contributed by atoms with Crippen molar-refractivity contribution in [1.29, 1.82) is 0 Å². The Morgan fingerprint density at radius 2 is 1.89 bits per heavy atom. The monoisotopic (exact) mass is 268 g/mol. The average Bonchev–Trinajstić information content (AvgIpc) is 3.09. The van der Waals surface area contributed by atoms with E-state index in [-0.39, 0.29) is 12.1 Å². The van der Waals surface area contributed by atoms with E-state index in [1.54, 1.807) is 0 Å². The molecule has 2 fully saturated rings. The van der Waals surface area contributed by atoms with Crippen molar-refractivity contribution in [2.24, 2.45) is 11.8 Å². The summed E-state index contributed by atoms with van der Waals surface area (Å²) in [6, 6.07) is 1.14. The van der Waals surface area contributed by atoms with Gasteiger partial charge in [0.15, 0.2) is 0 Å². The van der Waals surface area contributed by atoms with Crippen LogP contribution in [0.4, 0.5) is 0 Å². The summed E-state index contributed by atoms with van der Waals surface area (Å²) in [5.74, 6) is 1.39. The van der Waals surface area contributed by atoms with E-state index in [0.29, 0.717) is 18.0 Å². The summed E-state index contributed by atoms with van der Waals surface area (Å²) in [5, 5.41) is 13.7. The van der Waals surface area contributed by atoms with E-state index in [0.717, 1.165) is 12.5 Å². The predicted molar refractivity (Wildman–Crippen MR) is 80.2 cm³/mol. The molecule has 0 radical (unpaired) electrons. The van der Waals surface area contributed by atoms with Crippen LogP contribution in [0.2, 0.25) is 0 Å². The molecule has 0 aromatic rings. The van der Waals surface area contributed by atoms with Crippen molar-refractivity contribution in [3.8, 4) is 0 Å². The summed E-state index contributed by atoms with van der Waals surface area (Å²) >= 11 is 0.